The van der Waals surface area contributed by atoms with Gasteiger partial charge in [0, 0.05) is 24.0 Å². The number of benzene rings is 1. The van der Waals surface area contributed by atoms with Crippen LogP contribution in [0.15, 0.2) is 30.3 Å². The molecule has 2 aliphatic rings. The molecule has 0 bridgehead atoms. The second-order valence-corrected chi connectivity index (χ2v) is 9.17. The van der Waals surface area contributed by atoms with E-state index in [4.69, 9.17) is 0 Å². The number of hydrogen-bond donors (Lipinski definition) is 1. The Kier molecular flexibility index (Phi) is 5.90. The van der Waals surface area contributed by atoms with Crippen molar-refractivity contribution in [2.45, 2.75) is 90.4 Å². The van der Waals surface area contributed by atoms with E-state index in [9.17, 15) is 5.11 Å². The fraction of sp³-hybridized carbons (Fsp3) is 0.739. The summed E-state index contributed by atoms with van der Waals surface area (Å²) in [5, 5.41) is 10.9. The zero-order valence-corrected chi connectivity index (χ0v) is 16.6. The molecule has 2 fully saturated rings. The van der Waals surface area contributed by atoms with E-state index in [1.54, 1.807) is 0 Å². The Balaban J connectivity index is 1.86. The standard InChI is InChI=1S/C23H37NO/c1-5-21(19-12-13-19)24(16-18-9-7-6-8-10-18)23(3,4)20-14-11-17(2)15-22(20)25/h6-10,17,19-22,25H,5,11-16H2,1-4H3/t17-,20-,21+,22-/m1/s1. The van der Waals surface area contributed by atoms with Crippen LogP contribution in [-0.4, -0.2) is 27.7 Å². The van der Waals surface area contributed by atoms with Crippen LogP contribution >= 0.6 is 0 Å². The lowest BCUT2D eigenvalue weighted by Gasteiger charge is -2.51. The first-order valence-electron chi connectivity index (χ1n) is 10.4. The zero-order valence-electron chi connectivity index (χ0n) is 16.6. The lowest BCUT2D eigenvalue weighted by molar-refractivity contribution is -0.0684. The molecule has 0 saturated heterocycles. The highest BCUT2D eigenvalue weighted by molar-refractivity contribution is 5.16. The van der Waals surface area contributed by atoms with Crippen LogP contribution < -0.4 is 0 Å². The van der Waals surface area contributed by atoms with E-state index in [1.807, 2.05) is 0 Å². The molecule has 4 atom stereocenters. The van der Waals surface area contributed by atoms with E-state index in [0.717, 1.165) is 25.3 Å². The summed E-state index contributed by atoms with van der Waals surface area (Å²) in [6.07, 6.45) is 7.18. The maximum Gasteiger partial charge on any atom is 0.0588 e. The molecule has 2 aliphatic carbocycles. The summed E-state index contributed by atoms with van der Waals surface area (Å²) in [4.78, 5) is 2.75. The highest BCUT2D eigenvalue weighted by Crippen LogP contribution is 2.45. The van der Waals surface area contributed by atoms with Crippen LogP contribution in [0.5, 0.6) is 0 Å². The Morgan fingerprint density at radius 3 is 2.36 bits per heavy atom. The smallest absolute Gasteiger partial charge is 0.0588 e. The maximum atomic E-state index is 10.9. The third kappa shape index (κ3) is 4.28. The summed E-state index contributed by atoms with van der Waals surface area (Å²) in [5.41, 5.74) is 1.42. The van der Waals surface area contributed by atoms with Gasteiger partial charge in [0.25, 0.3) is 0 Å². The van der Waals surface area contributed by atoms with E-state index in [1.165, 1.54) is 31.2 Å². The van der Waals surface area contributed by atoms with Crippen LogP contribution in [0.3, 0.4) is 0 Å². The number of aliphatic hydroxyl groups is 1. The van der Waals surface area contributed by atoms with Gasteiger partial charge < -0.3 is 5.11 Å². The van der Waals surface area contributed by atoms with Gasteiger partial charge in [0.15, 0.2) is 0 Å². The highest BCUT2D eigenvalue weighted by atomic mass is 16.3. The molecule has 1 aromatic rings. The van der Waals surface area contributed by atoms with Crippen LogP contribution in [0.25, 0.3) is 0 Å². The van der Waals surface area contributed by atoms with E-state index >= 15 is 0 Å². The minimum absolute atomic E-state index is 0.0265. The molecule has 0 heterocycles. The molecule has 1 aromatic carbocycles. The molecular formula is C23H37NO. The van der Waals surface area contributed by atoms with Gasteiger partial charge in [0.05, 0.1) is 6.10 Å². The Morgan fingerprint density at radius 2 is 1.80 bits per heavy atom. The minimum Gasteiger partial charge on any atom is -0.393 e. The first kappa shape index (κ1) is 18.9. The second kappa shape index (κ2) is 7.80. The first-order valence-corrected chi connectivity index (χ1v) is 10.4. The first-order chi connectivity index (χ1) is 11.9. The van der Waals surface area contributed by atoms with E-state index < -0.39 is 0 Å². The van der Waals surface area contributed by atoms with Gasteiger partial charge in [-0.05, 0) is 63.4 Å². The minimum atomic E-state index is -0.159. The normalized spacial score (nSPS) is 29.0. The second-order valence-electron chi connectivity index (χ2n) is 9.17. The SMILES string of the molecule is CC[C@@H](C1CC1)N(Cc1ccccc1)C(C)(C)[C@@H]1CC[C@@H](C)C[C@H]1O. The summed E-state index contributed by atoms with van der Waals surface area (Å²) >= 11 is 0. The van der Waals surface area contributed by atoms with E-state index in [0.29, 0.717) is 17.9 Å². The number of aliphatic hydroxyl groups excluding tert-OH is 1. The fourth-order valence-electron chi connectivity index (χ4n) is 5.21. The van der Waals surface area contributed by atoms with Crippen molar-refractivity contribution in [2.75, 3.05) is 0 Å². The van der Waals surface area contributed by atoms with Crippen molar-refractivity contribution in [3.63, 3.8) is 0 Å². The molecule has 0 aromatic heterocycles. The zero-order chi connectivity index (χ0) is 18.0. The topological polar surface area (TPSA) is 23.5 Å². The van der Waals surface area contributed by atoms with Gasteiger partial charge in [-0.3, -0.25) is 4.90 Å². The van der Waals surface area contributed by atoms with Gasteiger partial charge in [-0.15, -0.1) is 0 Å². The molecule has 0 amide bonds. The van der Waals surface area contributed by atoms with Crippen LogP contribution in [0, 0.1) is 17.8 Å². The third-order valence-corrected chi connectivity index (χ3v) is 6.91. The number of nitrogens with zero attached hydrogens (tertiary/aromatic N) is 1. The number of rotatable bonds is 7. The molecule has 0 radical (unpaired) electrons. The van der Waals surface area contributed by atoms with Crippen molar-refractivity contribution < 1.29 is 5.11 Å². The van der Waals surface area contributed by atoms with Crippen molar-refractivity contribution in [3.05, 3.63) is 35.9 Å². The Hall–Kier alpha value is -0.860. The van der Waals surface area contributed by atoms with Gasteiger partial charge in [0.1, 0.15) is 0 Å². The number of hydrogen-bond acceptors (Lipinski definition) is 2. The molecular weight excluding hydrogens is 306 g/mol. The maximum absolute atomic E-state index is 10.9. The lowest BCUT2D eigenvalue weighted by Crippen LogP contribution is -2.57. The predicted octanol–water partition coefficient (Wildman–Crippen LogP) is 5.25. The average Bonchev–Trinajstić information content (AvgIpc) is 3.40. The summed E-state index contributed by atoms with van der Waals surface area (Å²) in [6, 6.07) is 11.5. The lowest BCUT2D eigenvalue weighted by atomic mass is 9.70. The van der Waals surface area contributed by atoms with Gasteiger partial charge in [-0.2, -0.15) is 0 Å². The summed E-state index contributed by atoms with van der Waals surface area (Å²) in [5.74, 6) is 1.89. The van der Waals surface area contributed by atoms with Gasteiger partial charge >= 0.3 is 0 Å². The van der Waals surface area contributed by atoms with Gasteiger partial charge in [-0.1, -0.05) is 50.6 Å². The Labute approximate surface area is 154 Å². The summed E-state index contributed by atoms with van der Waals surface area (Å²) in [7, 11) is 0. The van der Waals surface area contributed by atoms with Gasteiger partial charge in [-0.25, -0.2) is 0 Å². The molecule has 0 spiro atoms. The molecule has 2 heteroatoms. The molecule has 1 N–H and O–H groups in total. The largest absolute Gasteiger partial charge is 0.393 e. The van der Waals surface area contributed by atoms with Crippen molar-refractivity contribution in [2.24, 2.45) is 17.8 Å². The molecule has 2 nitrogen and oxygen atoms in total. The molecule has 140 valence electrons. The van der Waals surface area contributed by atoms with E-state index in [2.05, 4.69) is 62.9 Å². The molecule has 2 saturated carbocycles. The van der Waals surface area contributed by atoms with E-state index in [-0.39, 0.29) is 11.6 Å². The van der Waals surface area contributed by atoms with Crippen LogP contribution in [0.4, 0.5) is 0 Å². The highest BCUT2D eigenvalue weighted by Gasteiger charge is 2.46. The Bertz CT molecular complexity index is 536. The van der Waals surface area contributed by atoms with Crippen LogP contribution in [-0.2, 0) is 6.54 Å². The van der Waals surface area contributed by atoms with Gasteiger partial charge in [0.2, 0.25) is 0 Å². The van der Waals surface area contributed by atoms with Crippen molar-refractivity contribution in [3.8, 4) is 0 Å². The monoisotopic (exact) mass is 343 g/mol. The summed E-state index contributed by atoms with van der Waals surface area (Å²) in [6.45, 7) is 10.4. The molecule has 0 unspecified atom stereocenters. The molecule has 0 aliphatic heterocycles. The fourth-order valence-corrected chi connectivity index (χ4v) is 5.21. The molecule has 25 heavy (non-hydrogen) atoms. The third-order valence-electron chi connectivity index (χ3n) is 6.91. The van der Waals surface area contributed by atoms with Crippen LogP contribution in [0.1, 0.15) is 71.8 Å². The quantitative estimate of drug-likeness (QED) is 0.730. The molecule has 3 rings (SSSR count). The predicted molar refractivity (Wildman–Crippen MR) is 105 cm³/mol. The summed E-state index contributed by atoms with van der Waals surface area (Å²) < 4.78 is 0. The Morgan fingerprint density at radius 1 is 1.12 bits per heavy atom. The van der Waals surface area contributed by atoms with Crippen molar-refractivity contribution in [1.82, 2.24) is 4.90 Å². The van der Waals surface area contributed by atoms with Crippen molar-refractivity contribution in [1.29, 1.82) is 0 Å². The van der Waals surface area contributed by atoms with Crippen molar-refractivity contribution >= 4 is 0 Å². The van der Waals surface area contributed by atoms with Crippen LogP contribution in [0.2, 0.25) is 0 Å². The average molecular weight is 344 g/mol.